The Morgan fingerprint density at radius 3 is 2.66 bits per heavy atom. The molecular formula is C36H42FN5O4S. The molecule has 3 aliphatic rings. The molecule has 4 heterocycles. The van der Waals surface area contributed by atoms with Crippen molar-refractivity contribution in [3.8, 4) is 0 Å². The zero-order valence-corrected chi connectivity index (χ0v) is 27.3. The Hall–Kier alpha value is -3.93. The topological polar surface area (TPSA) is 113 Å². The number of hydrogen-bond acceptors (Lipinski definition) is 7. The first-order valence-electron chi connectivity index (χ1n) is 16.5. The number of piperidine rings is 1. The zero-order valence-electron chi connectivity index (χ0n) is 26.5. The molecule has 0 radical (unpaired) electrons. The second-order valence-corrected chi connectivity index (χ2v) is 14.0. The van der Waals surface area contributed by atoms with Crippen LogP contribution in [0.15, 0.2) is 72.9 Å². The lowest BCUT2D eigenvalue weighted by Gasteiger charge is -2.40. The summed E-state index contributed by atoms with van der Waals surface area (Å²) in [4.78, 5) is 48.0. The van der Waals surface area contributed by atoms with E-state index < -0.39 is 11.5 Å². The molecule has 0 bridgehead atoms. The molecule has 3 aliphatic heterocycles. The number of likely N-dealkylation sites (tertiary alicyclic amines) is 1. The molecule has 3 amide bonds. The van der Waals surface area contributed by atoms with Crippen LogP contribution in [0, 0.1) is 17.2 Å². The molecule has 0 aliphatic carbocycles. The van der Waals surface area contributed by atoms with E-state index in [4.69, 9.17) is 4.74 Å². The molecule has 1 aromatic heterocycles. The second-order valence-electron chi connectivity index (χ2n) is 12.9. The van der Waals surface area contributed by atoms with Gasteiger partial charge in [0.1, 0.15) is 11.9 Å². The lowest BCUT2D eigenvalue weighted by atomic mass is 9.75. The van der Waals surface area contributed by atoms with E-state index in [0.29, 0.717) is 75.5 Å². The van der Waals surface area contributed by atoms with Crippen LogP contribution in [0.4, 0.5) is 9.52 Å². The van der Waals surface area contributed by atoms with Gasteiger partial charge in [0.25, 0.3) is 0 Å². The Labute approximate surface area is 279 Å². The summed E-state index contributed by atoms with van der Waals surface area (Å²) >= 11 is 1.35. The summed E-state index contributed by atoms with van der Waals surface area (Å²) in [5.74, 6) is -0.575. The van der Waals surface area contributed by atoms with Crippen molar-refractivity contribution in [1.29, 1.82) is 0 Å². The Balaban J connectivity index is 1.11. The van der Waals surface area contributed by atoms with Crippen molar-refractivity contribution in [3.05, 3.63) is 94.8 Å². The molecular weight excluding hydrogens is 617 g/mol. The van der Waals surface area contributed by atoms with Gasteiger partial charge < -0.3 is 20.7 Å². The van der Waals surface area contributed by atoms with Gasteiger partial charge >= 0.3 is 0 Å². The van der Waals surface area contributed by atoms with Crippen molar-refractivity contribution in [2.45, 2.75) is 57.0 Å². The number of nitrogens with one attached hydrogen (secondary N) is 3. The van der Waals surface area contributed by atoms with Crippen molar-refractivity contribution < 1.29 is 23.5 Å². The minimum absolute atomic E-state index is 0.0842. The minimum atomic E-state index is -0.695. The highest BCUT2D eigenvalue weighted by Gasteiger charge is 2.41. The number of rotatable bonds is 7. The van der Waals surface area contributed by atoms with Gasteiger partial charge in [0.15, 0.2) is 5.13 Å². The highest BCUT2D eigenvalue weighted by molar-refractivity contribution is 7.15. The molecule has 0 saturated carbocycles. The number of fused-ring (bicyclic) bond motifs is 1. The smallest absolute Gasteiger partial charge is 0.243 e. The zero-order chi connectivity index (χ0) is 32.6. The third kappa shape index (κ3) is 8.51. The largest absolute Gasteiger partial charge is 0.381 e. The summed E-state index contributed by atoms with van der Waals surface area (Å²) in [6.07, 6.45) is 9.99. The van der Waals surface area contributed by atoms with E-state index in [-0.39, 0.29) is 42.0 Å². The number of aromatic nitrogens is 1. The number of benzene rings is 2. The summed E-state index contributed by atoms with van der Waals surface area (Å²) in [6, 6.07) is 15.6. The molecule has 2 aromatic carbocycles. The molecule has 3 N–H and O–H groups in total. The highest BCUT2D eigenvalue weighted by Crippen LogP contribution is 2.36. The SMILES string of the molecule is O=C(CN1CC[C@@H]2NC(=O)[C@H](Cc3ccccc3)NC(=O)C3(C/C=C/C[C@H]2C1)CCOCC3)Nc1ncc(Cc2ccccc2F)s1. The molecule has 9 nitrogen and oxygen atoms in total. The number of nitrogens with zero attached hydrogens (tertiary/aromatic N) is 2. The van der Waals surface area contributed by atoms with E-state index in [1.54, 1.807) is 24.4 Å². The minimum Gasteiger partial charge on any atom is -0.381 e. The monoisotopic (exact) mass is 659 g/mol. The number of carbonyl (C=O) groups excluding carboxylic acids is 3. The van der Waals surface area contributed by atoms with Crippen molar-refractivity contribution in [1.82, 2.24) is 20.5 Å². The Morgan fingerprint density at radius 2 is 1.85 bits per heavy atom. The number of allylic oxidation sites excluding steroid dienone is 2. The number of thiazole rings is 1. The normalized spacial score (nSPS) is 24.2. The summed E-state index contributed by atoms with van der Waals surface area (Å²) in [6.45, 7) is 2.54. The Kier molecular flexibility index (Phi) is 10.7. The average molecular weight is 660 g/mol. The summed E-state index contributed by atoms with van der Waals surface area (Å²) in [5, 5.41) is 9.82. The van der Waals surface area contributed by atoms with Gasteiger partial charge in [-0.05, 0) is 55.2 Å². The standard InChI is InChI=1S/C36H42FN5O4S/c37-29-12-5-4-10-26(29)21-28-22-38-35(47-28)41-32(43)24-42-17-13-30-27(23-42)11-6-7-14-36(15-18-46-19-16-36)34(45)40-31(33(44)39-30)20-25-8-2-1-3-9-25/h1-10,12,22,27,30-31H,11,13-21,23-24H2,(H,39,44)(H,40,45)(H,38,41,43)/b7-6+/t27-,30-,31-/m0/s1. The van der Waals surface area contributed by atoms with Gasteiger partial charge in [-0.3, -0.25) is 19.3 Å². The van der Waals surface area contributed by atoms with Crippen LogP contribution in [0.5, 0.6) is 0 Å². The Bertz CT molecular complexity index is 1570. The molecule has 248 valence electrons. The number of anilines is 1. The molecule has 6 rings (SSSR count). The molecule has 47 heavy (non-hydrogen) atoms. The lowest BCUT2D eigenvalue weighted by molar-refractivity contribution is -0.140. The first-order chi connectivity index (χ1) is 22.9. The Morgan fingerprint density at radius 1 is 1.06 bits per heavy atom. The van der Waals surface area contributed by atoms with Crippen LogP contribution in [0.2, 0.25) is 0 Å². The van der Waals surface area contributed by atoms with E-state index in [1.165, 1.54) is 17.4 Å². The average Bonchev–Trinajstić information content (AvgIpc) is 3.51. The summed E-state index contributed by atoms with van der Waals surface area (Å²) < 4.78 is 19.7. The lowest BCUT2D eigenvalue weighted by Crippen LogP contribution is -2.58. The predicted molar refractivity (Wildman–Crippen MR) is 179 cm³/mol. The van der Waals surface area contributed by atoms with Gasteiger partial charge in [-0.2, -0.15) is 0 Å². The maximum absolute atomic E-state index is 14.1. The van der Waals surface area contributed by atoms with Crippen molar-refractivity contribution >= 4 is 34.2 Å². The second kappa shape index (κ2) is 15.3. The van der Waals surface area contributed by atoms with Crippen molar-refractivity contribution in [2.24, 2.45) is 11.3 Å². The van der Waals surface area contributed by atoms with Crippen LogP contribution < -0.4 is 16.0 Å². The molecule has 2 fully saturated rings. The fourth-order valence-electron chi connectivity index (χ4n) is 6.84. The first kappa shape index (κ1) is 33.0. The quantitative estimate of drug-likeness (QED) is 0.323. The van der Waals surface area contributed by atoms with Crippen LogP contribution >= 0.6 is 11.3 Å². The van der Waals surface area contributed by atoms with Crippen LogP contribution in [-0.2, 0) is 32.0 Å². The van der Waals surface area contributed by atoms with Gasteiger partial charge in [-0.15, -0.1) is 11.3 Å². The fourth-order valence-corrected chi connectivity index (χ4v) is 7.69. The van der Waals surface area contributed by atoms with Crippen molar-refractivity contribution in [2.75, 3.05) is 38.2 Å². The van der Waals surface area contributed by atoms with Gasteiger partial charge in [0.2, 0.25) is 17.7 Å². The summed E-state index contributed by atoms with van der Waals surface area (Å²) in [5.41, 5.74) is 0.967. The first-order valence-corrected chi connectivity index (χ1v) is 17.3. The number of ether oxygens (including phenoxy) is 1. The molecule has 1 spiro atoms. The third-order valence-electron chi connectivity index (χ3n) is 9.59. The van der Waals surface area contributed by atoms with E-state index in [9.17, 15) is 18.8 Å². The van der Waals surface area contributed by atoms with E-state index in [2.05, 4.69) is 38.0 Å². The third-order valence-corrected chi connectivity index (χ3v) is 10.5. The van der Waals surface area contributed by atoms with Crippen molar-refractivity contribution in [3.63, 3.8) is 0 Å². The molecule has 0 unspecified atom stereocenters. The van der Waals surface area contributed by atoms with E-state index in [1.807, 2.05) is 30.3 Å². The maximum Gasteiger partial charge on any atom is 0.243 e. The van der Waals surface area contributed by atoms with Gasteiger partial charge in [-0.1, -0.05) is 60.7 Å². The molecule has 11 heteroatoms. The number of amides is 3. The molecule has 3 aromatic rings. The molecule has 3 atom stereocenters. The number of carbonyl (C=O) groups is 3. The van der Waals surface area contributed by atoms with Crippen LogP contribution in [0.3, 0.4) is 0 Å². The van der Waals surface area contributed by atoms with Crippen LogP contribution in [-0.4, -0.2) is 72.5 Å². The van der Waals surface area contributed by atoms with Crippen LogP contribution in [0.25, 0.3) is 0 Å². The van der Waals surface area contributed by atoms with E-state index >= 15 is 0 Å². The maximum atomic E-state index is 14.1. The van der Waals surface area contributed by atoms with Crippen LogP contribution in [0.1, 0.15) is 48.1 Å². The van der Waals surface area contributed by atoms with Gasteiger partial charge in [0, 0.05) is 56.3 Å². The number of hydrogen-bond donors (Lipinski definition) is 3. The summed E-state index contributed by atoms with van der Waals surface area (Å²) in [7, 11) is 0. The van der Waals surface area contributed by atoms with Gasteiger partial charge in [0.05, 0.1) is 12.0 Å². The predicted octanol–water partition coefficient (Wildman–Crippen LogP) is 4.49. The molecule has 2 saturated heterocycles. The fraction of sp³-hybridized carbons (Fsp3) is 0.444. The number of halogens is 1. The van der Waals surface area contributed by atoms with Gasteiger partial charge in [-0.25, -0.2) is 9.37 Å². The van der Waals surface area contributed by atoms with E-state index in [0.717, 1.165) is 16.9 Å². The highest BCUT2D eigenvalue weighted by atomic mass is 32.1.